The number of fused-ring (bicyclic) bond motifs is 13. The largest absolute Gasteiger partial charge is 0.456 e. The maximum absolute atomic E-state index is 6.25. The molecule has 10 aromatic rings. The van der Waals surface area contributed by atoms with Gasteiger partial charge < -0.3 is 8.83 Å². The van der Waals surface area contributed by atoms with Crippen molar-refractivity contribution in [2.45, 2.75) is 50.9 Å². The topological polar surface area (TPSA) is 26.3 Å². The average Bonchev–Trinajstić information content (AvgIpc) is 4.00. The number of para-hydroxylation sites is 2. The molecule has 3 aliphatic carbocycles. The maximum atomic E-state index is 6.25. The Morgan fingerprint density at radius 3 is 1.47 bits per heavy atom. The van der Waals surface area contributed by atoms with Crippen LogP contribution in [0.2, 0.25) is 0 Å². The Hall–Kier alpha value is -7.16. The molecule has 62 heavy (non-hydrogen) atoms. The molecule has 0 fully saturated rings. The fourth-order valence-electron chi connectivity index (χ4n) is 11.6. The van der Waals surface area contributed by atoms with Crippen LogP contribution < -0.4 is 0 Å². The van der Waals surface area contributed by atoms with Gasteiger partial charge in [-0.3, -0.25) is 0 Å². The van der Waals surface area contributed by atoms with Crippen molar-refractivity contribution in [2.24, 2.45) is 0 Å². The smallest absolute Gasteiger partial charge is 0.135 e. The lowest BCUT2D eigenvalue weighted by Crippen LogP contribution is -2.25. The van der Waals surface area contributed by atoms with Gasteiger partial charge in [0, 0.05) is 38.3 Å². The molecule has 2 nitrogen and oxygen atoms in total. The van der Waals surface area contributed by atoms with Crippen molar-refractivity contribution in [3.63, 3.8) is 0 Å². The zero-order valence-corrected chi connectivity index (χ0v) is 35.3. The third kappa shape index (κ3) is 4.87. The van der Waals surface area contributed by atoms with Gasteiger partial charge in [0.25, 0.3) is 0 Å². The second-order valence-electron chi connectivity index (χ2n) is 18.7. The zero-order valence-electron chi connectivity index (χ0n) is 35.3. The summed E-state index contributed by atoms with van der Waals surface area (Å²) in [6.45, 7) is 9.90. The first-order chi connectivity index (χ1) is 30.3. The lowest BCUT2D eigenvalue weighted by atomic mass is 9.69. The standard InChI is InChI=1S/C60H44O2/c1-59(2)47-33-39(37-25-29-51-45(31-37)41-19-11-13-21-49(41)61-51)23-27-43(47)55-53(35-15-7-5-8-16-35)54(36-17-9-6-10-18-36)56-44-28-24-40(34-48(44)60(3,4)58(56)57(55)59)38-26-30-52-46(32-38)42-20-12-14-22-50(42)62-52/h5-17,19-34,36H,18H2,1-4H3. The van der Waals surface area contributed by atoms with E-state index < -0.39 is 0 Å². The van der Waals surface area contributed by atoms with Gasteiger partial charge in [0.15, 0.2) is 0 Å². The number of hydrogen-bond acceptors (Lipinski definition) is 2. The molecular formula is C60H44O2. The van der Waals surface area contributed by atoms with Gasteiger partial charge >= 0.3 is 0 Å². The third-order valence-electron chi connectivity index (χ3n) is 14.5. The molecule has 0 N–H and O–H groups in total. The van der Waals surface area contributed by atoms with E-state index in [1.807, 2.05) is 12.1 Å². The van der Waals surface area contributed by atoms with Gasteiger partial charge in [0.05, 0.1) is 0 Å². The molecule has 296 valence electrons. The van der Waals surface area contributed by atoms with Crippen molar-refractivity contribution in [1.29, 1.82) is 0 Å². The Labute approximate surface area is 361 Å². The molecule has 13 rings (SSSR count). The van der Waals surface area contributed by atoms with Crippen LogP contribution in [0.5, 0.6) is 0 Å². The third-order valence-corrected chi connectivity index (χ3v) is 14.5. The minimum atomic E-state index is -0.281. The highest BCUT2D eigenvalue weighted by Gasteiger charge is 2.49. The summed E-state index contributed by atoms with van der Waals surface area (Å²) in [5, 5.41) is 4.62. The first kappa shape index (κ1) is 35.6. The lowest BCUT2D eigenvalue weighted by Gasteiger charge is -2.34. The van der Waals surface area contributed by atoms with Crippen molar-refractivity contribution >= 4 is 43.9 Å². The van der Waals surface area contributed by atoms with E-state index in [0.29, 0.717) is 0 Å². The number of hydrogen-bond donors (Lipinski definition) is 0. The monoisotopic (exact) mass is 796 g/mol. The molecule has 0 saturated heterocycles. The maximum Gasteiger partial charge on any atom is 0.135 e. The minimum Gasteiger partial charge on any atom is -0.456 e. The van der Waals surface area contributed by atoms with Crippen molar-refractivity contribution in [3.05, 3.63) is 204 Å². The Balaban J connectivity index is 1.06. The molecule has 0 aliphatic heterocycles. The first-order valence-electron chi connectivity index (χ1n) is 22.0. The molecule has 0 bridgehead atoms. The molecule has 0 radical (unpaired) electrons. The molecule has 2 aromatic heterocycles. The molecule has 0 spiro atoms. The van der Waals surface area contributed by atoms with Crippen LogP contribution in [0.15, 0.2) is 185 Å². The van der Waals surface area contributed by atoms with Crippen LogP contribution in [0.1, 0.15) is 67.9 Å². The molecule has 3 aliphatic rings. The van der Waals surface area contributed by atoms with E-state index in [1.54, 1.807) is 0 Å². The van der Waals surface area contributed by atoms with Gasteiger partial charge in [-0.05, 0) is 138 Å². The molecule has 8 aromatic carbocycles. The van der Waals surface area contributed by atoms with E-state index in [2.05, 4.69) is 192 Å². The molecule has 1 unspecified atom stereocenters. The van der Waals surface area contributed by atoms with Gasteiger partial charge in [-0.25, -0.2) is 0 Å². The summed E-state index contributed by atoms with van der Waals surface area (Å²) in [6.07, 6.45) is 10.2. The van der Waals surface area contributed by atoms with Gasteiger partial charge in [-0.15, -0.1) is 0 Å². The Bertz CT molecular complexity index is 3600. The number of benzene rings is 8. The highest BCUT2D eigenvalue weighted by Crippen LogP contribution is 2.64. The van der Waals surface area contributed by atoms with Crippen molar-refractivity contribution < 1.29 is 8.83 Å². The zero-order chi connectivity index (χ0) is 41.5. The summed E-state index contributed by atoms with van der Waals surface area (Å²) in [4.78, 5) is 0. The Morgan fingerprint density at radius 2 is 0.903 bits per heavy atom. The summed E-state index contributed by atoms with van der Waals surface area (Å²) < 4.78 is 12.5. The number of allylic oxidation sites excluding steroid dienone is 4. The van der Waals surface area contributed by atoms with E-state index in [0.717, 1.165) is 50.3 Å². The molecular weight excluding hydrogens is 753 g/mol. The highest BCUT2D eigenvalue weighted by molar-refractivity contribution is 6.08. The predicted octanol–water partition coefficient (Wildman–Crippen LogP) is 16.7. The van der Waals surface area contributed by atoms with Crippen molar-refractivity contribution in [3.8, 4) is 55.6 Å². The Kier molecular flexibility index (Phi) is 7.28. The molecule has 2 heterocycles. The second-order valence-corrected chi connectivity index (χ2v) is 18.7. The fourth-order valence-corrected chi connectivity index (χ4v) is 11.6. The molecule has 0 amide bonds. The van der Waals surface area contributed by atoms with E-state index in [9.17, 15) is 0 Å². The normalized spacial score (nSPS) is 16.6. The van der Waals surface area contributed by atoms with Crippen LogP contribution in [-0.4, -0.2) is 0 Å². The van der Waals surface area contributed by atoms with Crippen LogP contribution in [0.25, 0.3) is 99.5 Å². The van der Waals surface area contributed by atoms with Crippen LogP contribution in [-0.2, 0) is 10.8 Å². The number of furan rings is 2. The van der Waals surface area contributed by atoms with E-state index in [4.69, 9.17) is 8.83 Å². The minimum absolute atomic E-state index is 0.232. The van der Waals surface area contributed by atoms with E-state index in [1.165, 1.54) is 83.5 Å². The van der Waals surface area contributed by atoms with Crippen LogP contribution in [0, 0.1) is 0 Å². The van der Waals surface area contributed by atoms with Gasteiger partial charge in [0.2, 0.25) is 0 Å². The number of rotatable bonds is 4. The second kappa shape index (κ2) is 12.7. The van der Waals surface area contributed by atoms with E-state index >= 15 is 0 Å². The lowest BCUT2D eigenvalue weighted by molar-refractivity contribution is 0.600. The van der Waals surface area contributed by atoms with Crippen molar-refractivity contribution in [2.75, 3.05) is 0 Å². The molecule has 2 heteroatoms. The van der Waals surface area contributed by atoms with Gasteiger partial charge in [-0.2, -0.15) is 0 Å². The molecule has 0 saturated carbocycles. The van der Waals surface area contributed by atoms with Crippen molar-refractivity contribution in [1.82, 2.24) is 0 Å². The highest BCUT2D eigenvalue weighted by atomic mass is 16.3. The fraction of sp³-hybridized carbons (Fsp3) is 0.133. The van der Waals surface area contributed by atoms with Crippen LogP contribution in [0.3, 0.4) is 0 Å². The first-order valence-corrected chi connectivity index (χ1v) is 22.0. The quantitative estimate of drug-likeness (QED) is 0.177. The summed E-state index contributed by atoms with van der Waals surface area (Å²) in [5.74, 6) is 0.232. The summed E-state index contributed by atoms with van der Waals surface area (Å²) >= 11 is 0. The SMILES string of the molecule is CC1(C)c2cc(-c3ccc4oc5ccccc5c4c3)ccc2-c2c(-c3ccccc3)c(C3C=CC=CC3)c3c(c21)C(C)(C)c1cc(-c2ccc4oc5ccccc5c4c2)ccc1-3. The molecule has 1 atom stereocenters. The van der Waals surface area contributed by atoms with Crippen LogP contribution in [0.4, 0.5) is 0 Å². The van der Waals surface area contributed by atoms with Gasteiger partial charge in [0.1, 0.15) is 22.3 Å². The van der Waals surface area contributed by atoms with Gasteiger partial charge in [-0.1, -0.05) is 155 Å². The average molecular weight is 797 g/mol. The summed E-state index contributed by atoms with van der Waals surface area (Å²) in [5.41, 5.74) is 23.3. The summed E-state index contributed by atoms with van der Waals surface area (Å²) in [6, 6.07) is 55.9. The van der Waals surface area contributed by atoms with Crippen LogP contribution >= 0.6 is 0 Å². The predicted molar refractivity (Wildman–Crippen MR) is 258 cm³/mol. The van der Waals surface area contributed by atoms with E-state index in [-0.39, 0.29) is 16.7 Å². The Morgan fingerprint density at radius 1 is 0.419 bits per heavy atom. The summed E-state index contributed by atoms with van der Waals surface area (Å²) in [7, 11) is 0.